The third kappa shape index (κ3) is 3.85. The molecule has 1 atom stereocenters. The number of rotatable bonds is 6. The number of ether oxygens (including phenoxy) is 1. The van der Waals surface area contributed by atoms with Gasteiger partial charge >= 0.3 is 0 Å². The number of para-hydroxylation sites is 2. The second-order valence-corrected chi connectivity index (χ2v) is 6.41. The van der Waals surface area contributed by atoms with E-state index in [1.165, 1.54) is 0 Å². The lowest BCUT2D eigenvalue weighted by atomic mass is 10.1. The number of nitrogens with zero attached hydrogens (tertiary/aromatic N) is 3. The fourth-order valence-electron chi connectivity index (χ4n) is 3.21. The van der Waals surface area contributed by atoms with E-state index in [0.717, 1.165) is 5.69 Å². The number of anilines is 1. The molecule has 6 nitrogen and oxygen atoms in total. The summed E-state index contributed by atoms with van der Waals surface area (Å²) in [5.74, 6) is 0.247. The predicted molar refractivity (Wildman–Crippen MR) is 99.0 cm³/mol. The van der Waals surface area contributed by atoms with Gasteiger partial charge in [-0.05, 0) is 24.3 Å². The number of likely N-dealkylation sites (N-methyl/N-ethyl adjacent to an activating group) is 1. The molecule has 0 saturated carbocycles. The van der Waals surface area contributed by atoms with Crippen LogP contribution < -0.4 is 9.64 Å². The minimum Gasteiger partial charge on any atom is -0.495 e. The average Bonchev–Trinajstić information content (AvgIpc) is 3.07. The van der Waals surface area contributed by atoms with Gasteiger partial charge in [-0.3, -0.25) is 14.6 Å². The van der Waals surface area contributed by atoms with Gasteiger partial charge in [0.25, 0.3) is 0 Å². The van der Waals surface area contributed by atoms with Crippen molar-refractivity contribution in [1.29, 1.82) is 0 Å². The standard InChI is InChI=1S/C20H23N3O3/c1-22(12-10-16-7-5-6-11-21-16)20(25)15-13-19(24)23(14-15)17-8-3-4-9-18(17)26-2/h3-9,11,15H,10,12-14H2,1-2H3. The van der Waals surface area contributed by atoms with Crippen molar-refractivity contribution in [1.82, 2.24) is 9.88 Å². The lowest BCUT2D eigenvalue weighted by Crippen LogP contribution is -2.36. The number of pyridine rings is 1. The molecular weight excluding hydrogens is 330 g/mol. The zero-order valence-electron chi connectivity index (χ0n) is 15.1. The number of hydrogen-bond acceptors (Lipinski definition) is 4. The first-order chi connectivity index (χ1) is 12.6. The largest absolute Gasteiger partial charge is 0.495 e. The first-order valence-electron chi connectivity index (χ1n) is 8.68. The van der Waals surface area contributed by atoms with E-state index < -0.39 is 0 Å². The van der Waals surface area contributed by atoms with Crippen molar-refractivity contribution in [3.63, 3.8) is 0 Å². The Balaban J connectivity index is 1.63. The van der Waals surface area contributed by atoms with Gasteiger partial charge in [0.2, 0.25) is 11.8 Å². The molecule has 2 heterocycles. The van der Waals surface area contributed by atoms with Gasteiger partial charge in [-0.25, -0.2) is 0 Å². The molecular formula is C20H23N3O3. The van der Waals surface area contributed by atoms with Gasteiger partial charge in [-0.15, -0.1) is 0 Å². The third-order valence-electron chi connectivity index (χ3n) is 4.66. The Hall–Kier alpha value is -2.89. The van der Waals surface area contributed by atoms with Gasteiger partial charge in [0.05, 0.1) is 18.7 Å². The number of amides is 2. The van der Waals surface area contributed by atoms with Crippen molar-refractivity contribution < 1.29 is 14.3 Å². The number of carbonyl (C=O) groups excluding carboxylic acids is 2. The number of benzene rings is 1. The molecule has 0 radical (unpaired) electrons. The fraction of sp³-hybridized carbons (Fsp3) is 0.350. The Bertz CT molecular complexity index is 779. The molecule has 0 bridgehead atoms. The van der Waals surface area contributed by atoms with Gasteiger partial charge in [0, 0.05) is 44.9 Å². The fourth-order valence-corrected chi connectivity index (χ4v) is 3.21. The van der Waals surface area contributed by atoms with Crippen molar-refractivity contribution in [3.8, 4) is 5.75 Å². The van der Waals surface area contributed by atoms with E-state index in [2.05, 4.69) is 4.98 Å². The Morgan fingerprint density at radius 2 is 2.04 bits per heavy atom. The highest BCUT2D eigenvalue weighted by Crippen LogP contribution is 2.33. The van der Waals surface area contributed by atoms with Gasteiger partial charge in [0.15, 0.2) is 0 Å². The molecule has 1 fully saturated rings. The number of aromatic nitrogens is 1. The monoisotopic (exact) mass is 353 g/mol. The van der Waals surface area contributed by atoms with E-state index in [9.17, 15) is 9.59 Å². The van der Waals surface area contributed by atoms with Gasteiger partial charge in [-0.2, -0.15) is 0 Å². The summed E-state index contributed by atoms with van der Waals surface area (Å²) in [4.78, 5) is 32.8. The maximum atomic E-state index is 12.7. The minimum atomic E-state index is -0.332. The molecule has 136 valence electrons. The minimum absolute atomic E-state index is 0.00770. The SMILES string of the molecule is COc1ccccc1N1CC(C(=O)N(C)CCc2ccccn2)CC1=O. The van der Waals surface area contributed by atoms with Gasteiger partial charge < -0.3 is 14.5 Å². The summed E-state index contributed by atoms with van der Waals surface area (Å²) in [5.41, 5.74) is 1.66. The van der Waals surface area contributed by atoms with E-state index in [0.29, 0.717) is 30.9 Å². The number of carbonyl (C=O) groups is 2. The molecule has 6 heteroatoms. The first-order valence-corrected chi connectivity index (χ1v) is 8.68. The van der Waals surface area contributed by atoms with E-state index in [1.807, 2.05) is 42.5 Å². The van der Waals surface area contributed by atoms with Crippen LogP contribution in [0, 0.1) is 5.92 Å². The topological polar surface area (TPSA) is 62.7 Å². The van der Waals surface area contributed by atoms with Crippen LogP contribution in [0.3, 0.4) is 0 Å². The lowest BCUT2D eigenvalue weighted by Gasteiger charge is -2.22. The van der Waals surface area contributed by atoms with Crippen molar-refractivity contribution in [3.05, 3.63) is 54.4 Å². The van der Waals surface area contributed by atoms with E-state index >= 15 is 0 Å². The molecule has 2 amide bonds. The normalized spacial score (nSPS) is 16.6. The second kappa shape index (κ2) is 7.99. The summed E-state index contributed by atoms with van der Waals surface area (Å²) in [5, 5.41) is 0. The van der Waals surface area contributed by atoms with E-state index in [-0.39, 0.29) is 24.2 Å². The quantitative estimate of drug-likeness (QED) is 0.798. The highest BCUT2D eigenvalue weighted by molar-refractivity contribution is 6.01. The zero-order valence-corrected chi connectivity index (χ0v) is 15.1. The Morgan fingerprint density at radius 3 is 2.77 bits per heavy atom. The van der Waals surface area contributed by atoms with Gasteiger partial charge in [-0.1, -0.05) is 18.2 Å². The maximum absolute atomic E-state index is 12.7. The Kier molecular flexibility index (Phi) is 5.51. The third-order valence-corrected chi connectivity index (χ3v) is 4.66. The van der Waals surface area contributed by atoms with Crippen molar-refractivity contribution >= 4 is 17.5 Å². The zero-order chi connectivity index (χ0) is 18.5. The molecule has 1 saturated heterocycles. The van der Waals surface area contributed by atoms with Crippen LogP contribution in [-0.2, 0) is 16.0 Å². The van der Waals surface area contributed by atoms with Crippen molar-refractivity contribution in [2.24, 2.45) is 5.92 Å². The molecule has 1 aliphatic rings. The van der Waals surface area contributed by atoms with Crippen molar-refractivity contribution in [2.45, 2.75) is 12.8 Å². The summed E-state index contributed by atoms with van der Waals surface area (Å²) < 4.78 is 5.34. The molecule has 0 N–H and O–H groups in total. The molecule has 1 aromatic heterocycles. The average molecular weight is 353 g/mol. The van der Waals surface area contributed by atoms with Crippen LogP contribution in [0.5, 0.6) is 5.75 Å². The molecule has 3 rings (SSSR count). The highest BCUT2D eigenvalue weighted by atomic mass is 16.5. The van der Waals surface area contributed by atoms with Crippen LogP contribution in [0.2, 0.25) is 0 Å². The van der Waals surface area contributed by atoms with Crippen LogP contribution >= 0.6 is 0 Å². The van der Waals surface area contributed by atoms with E-state index in [4.69, 9.17) is 4.74 Å². The number of methoxy groups -OCH3 is 1. The molecule has 1 unspecified atom stereocenters. The van der Waals surface area contributed by atoms with Crippen LogP contribution in [0.1, 0.15) is 12.1 Å². The summed E-state index contributed by atoms with van der Waals surface area (Å²) in [6.07, 6.45) is 2.67. The predicted octanol–water partition coefficient (Wildman–Crippen LogP) is 2.14. The van der Waals surface area contributed by atoms with Crippen LogP contribution in [0.25, 0.3) is 0 Å². The summed E-state index contributed by atoms with van der Waals surface area (Å²) in [6.45, 7) is 0.959. The molecule has 2 aromatic rings. The first kappa shape index (κ1) is 17.9. The smallest absolute Gasteiger partial charge is 0.227 e. The van der Waals surface area contributed by atoms with E-state index in [1.54, 1.807) is 30.2 Å². The van der Waals surface area contributed by atoms with Gasteiger partial charge in [0.1, 0.15) is 5.75 Å². The molecule has 0 aliphatic carbocycles. The highest BCUT2D eigenvalue weighted by Gasteiger charge is 2.37. The molecule has 1 aliphatic heterocycles. The lowest BCUT2D eigenvalue weighted by molar-refractivity contribution is -0.134. The Morgan fingerprint density at radius 1 is 1.27 bits per heavy atom. The van der Waals surface area contributed by atoms with Crippen LogP contribution in [0.15, 0.2) is 48.7 Å². The molecule has 26 heavy (non-hydrogen) atoms. The molecule has 0 spiro atoms. The number of hydrogen-bond donors (Lipinski definition) is 0. The maximum Gasteiger partial charge on any atom is 0.227 e. The van der Waals surface area contributed by atoms with Crippen molar-refractivity contribution in [2.75, 3.05) is 32.1 Å². The Labute approximate surface area is 153 Å². The second-order valence-electron chi connectivity index (χ2n) is 6.41. The molecule has 1 aromatic carbocycles. The van der Waals surface area contributed by atoms with Crippen LogP contribution in [0.4, 0.5) is 5.69 Å². The van der Waals surface area contributed by atoms with Crippen LogP contribution in [-0.4, -0.2) is 48.9 Å². The summed E-state index contributed by atoms with van der Waals surface area (Å²) in [6, 6.07) is 13.1. The summed E-state index contributed by atoms with van der Waals surface area (Å²) in [7, 11) is 3.36. The summed E-state index contributed by atoms with van der Waals surface area (Å²) >= 11 is 0.